The van der Waals surface area contributed by atoms with Crippen molar-refractivity contribution in [2.75, 3.05) is 18.5 Å². The van der Waals surface area contributed by atoms with Gasteiger partial charge in [-0.2, -0.15) is 0 Å². The van der Waals surface area contributed by atoms with Crippen LogP contribution in [0, 0.1) is 17.7 Å². The van der Waals surface area contributed by atoms with Gasteiger partial charge in [0.25, 0.3) is 0 Å². The molecule has 94 valence electrons. The van der Waals surface area contributed by atoms with Gasteiger partial charge < -0.3 is 10.4 Å². The molecule has 1 fully saturated rings. The van der Waals surface area contributed by atoms with E-state index in [-0.39, 0.29) is 12.4 Å². The molecule has 0 radical (unpaired) electrons. The van der Waals surface area contributed by atoms with Gasteiger partial charge in [-0.05, 0) is 36.8 Å². The van der Waals surface area contributed by atoms with E-state index in [9.17, 15) is 9.50 Å². The van der Waals surface area contributed by atoms with Crippen molar-refractivity contribution in [3.8, 4) is 0 Å². The number of aliphatic hydroxyl groups excluding tert-OH is 1. The summed E-state index contributed by atoms with van der Waals surface area (Å²) < 4.78 is 13.3. The topological polar surface area (TPSA) is 45.1 Å². The number of hydrogen-bond acceptors (Lipinski definition) is 3. The van der Waals surface area contributed by atoms with Crippen LogP contribution in [0.1, 0.15) is 25.7 Å². The monoisotopic (exact) mass is 238 g/mol. The molecule has 2 atom stereocenters. The van der Waals surface area contributed by atoms with E-state index in [0.29, 0.717) is 24.2 Å². The first-order valence-electron chi connectivity index (χ1n) is 6.26. The van der Waals surface area contributed by atoms with Gasteiger partial charge in [-0.15, -0.1) is 0 Å². The molecule has 1 aliphatic carbocycles. The van der Waals surface area contributed by atoms with Gasteiger partial charge in [-0.1, -0.05) is 12.8 Å². The number of nitrogens with one attached hydrogen (secondary N) is 1. The van der Waals surface area contributed by atoms with Crippen LogP contribution in [0.25, 0.3) is 0 Å². The van der Waals surface area contributed by atoms with Crippen LogP contribution in [0.3, 0.4) is 0 Å². The van der Waals surface area contributed by atoms with Crippen molar-refractivity contribution in [1.82, 2.24) is 4.98 Å². The van der Waals surface area contributed by atoms with Crippen molar-refractivity contribution in [2.45, 2.75) is 25.7 Å². The van der Waals surface area contributed by atoms with Gasteiger partial charge in [0.05, 0.1) is 0 Å². The van der Waals surface area contributed by atoms with Crippen LogP contribution in [0.2, 0.25) is 0 Å². The Hall–Kier alpha value is -1.16. The lowest BCUT2D eigenvalue weighted by atomic mass is 9.79. The molecule has 0 spiro atoms. The fourth-order valence-electron chi connectivity index (χ4n) is 2.54. The highest BCUT2D eigenvalue weighted by Gasteiger charge is 2.24. The summed E-state index contributed by atoms with van der Waals surface area (Å²) in [7, 11) is 0. The smallest absolute Gasteiger partial charge is 0.165 e. The minimum absolute atomic E-state index is 0.233. The molecular formula is C13H19FN2O. The van der Waals surface area contributed by atoms with Gasteiger partial charge in [0.2, 0.25) is 0 Å². The summed E-state index contributed by atoms with van der Waals surface area (Å²) in [6.45, 7) is 0.927. The van der Waals surface area contributed by atoms with E-state index in [2.05, 4.69) is 10.3 Å². The summed E-state index contributed by atoms with van der Waals surface area (Å²) in [6.07, 6.45) is 6.16. The lowest BCUT2D eigenvalue weighted by molar-refractivity contribution is 0.141. The van der Waals surface area contributed by atoms with Gasteiger partial charge in [-0.25, -0.2) is 9.37 Å². The molecule has 2 N–H and O–H groups in total. The molecule has 2 rings (SSSR count). The Balaban J connectivity index is 1.90. The third kappa shape index (κ3) is 3.16. The van der Waals surface area contributed by atoms with Crippen LogP contribution in [0.15, 0.2) is 18.3 Å². The molecule has 0 aliphatic heterocycles. The van der Waals surface area contributed by atoms with Gasteiger partial charge in [0.15, 0.2) is 11.6 Å². The molecule has 1 aromatic heterocycles. The number of hydrogen-bond donors (Lipinski definition) is 2. The summed E-state index contributed by atoms with van der Waals surface area (Å²) in [5, 5.41) is 12.3. The zero-order valence-corrected chi connectivity index (χ0v) is 9.90. The Morgan fingerprint density at radius 2 is 2.12 bits per heavy atom. The number of rotatable bonds is 4. The van der Waals surface area contributed by atoms with Crippen LogP contribution in [0.4, 0.5) is 10.2 Å². The highest BCUT2D eigenvalue weighted by molar-refractivity contribution is 5.35. The van der Waals surface area contributed by atoms with Crippen LogP contribution in [-0.4, -0.2) is 23.2 Å². The van der Waals surface area contributed by atoms with Gasteiger partial charge in [0.1, 0.15) is 0 Å². The van der Waals surface area contributed by atoms with Crippen molar-refractivity contribution in [2.24, 2.45) is 11.8 Å². The van der Waals surface area contributed by atoms with Gasteiger partial charge in [0, 0.05) is 19.3 Å². The van der Waals surface area contributed by atoms with E-state index in [4.69, 9.17) is 0 Å². The average molecular weight is 238 g/mol. The molecule has 3 nitrogen and oxygen atoms in total. The molecule has 1 aliphatic rings. The van der Waals surface area contributed by atoms with Crippen molar-refractivity contribution >= 4 is 5.82 Å². The normalized spacial score (nSPS) is 24.6. The van der Waals surface area contributed by atoms with E-state index < -0.39 is 0 Å². The highest BCUT2D eigenvalue weighted by atomic mass is 19.1. The number of halogens is 1. The summed E-state index contributed by atoms with van der Waals surface area (Å²) in [5.41, 5.74) is 0. The Morgan fingerprint density at radius 1 is 1.35 bits per heavy atom. The van der Waals surface area contributed by atoms with Crippen molar-refractivity contribution in [3.63, 3.8) is 0 Å². The zero-order valence-electron chi connectivity index (χ0n) is 9.90. The van der Waals surface area contributed by atoms with Gasteiger partial charge >= 0.3 is 0 Å². The van der Waals surface area contributed by atoms with E-state index >= 15 is 0 Å². The second-order valence-corrected chi connectivity index (χ2v) is 4.70. The largest absolute Gasteiger partial charge is 0.396 e. The molecule has 0 saturated heterocycles. The zero-order chi connectivity index (χ0) is 12.1. The van der Waals surface area contributed by atoms with Crippen molar-refractivity contribution in [3.05, 3.63) is 24.1 Å². The van der Waals surface area contributed by atoms with E-state index in [0.717, 1.165) is 12.8 Å². The molecule has 17 heavy (non-hydrogen) atoms. The molecular weight excluding hydrogens is 219 g/mol. The first-order valence-corrected chi connectivity index (χ1v) is 6.26. The SMILES string of the molecule is OCC1CCCCC1CNc1ncccc1F. The summed E-state index contributed by atoms with van der Waals surface area (Å²) in [5.74, 6) is 0.775. The van der Waals surface area contributed by atoms with Crippen LogP contribution < -0.4 is 5.32 Å². The Kier molecular flexibility index (Phi) is 4.31. The molecule has 0 amide bonds. The molecule has 0 aromatic carbocycles. The second kappa shape index (κ2) is 5.96. The number of pyridine rings is 1. The Morgan fingerprint density at radius 3 is 2.82 bits per heavy atom. The van der Waals surface area contributed by atoms with Crippen molar-refractivity contribution < 1.29 is 9.50 Å². The fraction of sp³-hybridized carbons (Fsp3) is 0.615. The maximum atomic E-state index is 13.3. The summed E-state index contributed by atoms with van der Waals surface area (Å²) in [4.78, 5) is 3.96. The van der Waals surface area contributed by atoms with Crippen molar-refractivity contribution in [1.29, 1.82) is 0 Å². The Labute approximate surface area is 101 Å². The molecule has 1 saturated carbocycles. The third-order valence-corrected chi connectivity index (χ3v) is 3.59. The predicted molar refractivity (Wildman–Crippen MR) is 65.2 cm³/mol. The summed E-state index contributed by atoms with van der Waals surface area (Å²) in [6, 6.07) is 2.98. The number of anilines is 1. The number of aliphatic hydroxyl groups is 1. The lowest BCUT2D eigenvalue weighted by Gasteiger charge is -2.30. The minimum atomic E-state index is -0.316. The van der Waals surface area contributed by atoms with Crippen LogP contribution in [0.5, 0.6) is 0 Å². The van der Waals surface area contributed by atoms with E-state index in [1.54, 1.807) is 12.3 Å². The predicted octanol–water partition coefficient (Wildman–Crippen LogP) is 2.43. The minimum Gasteiger partial charge on any atom is -0.396 e. The average Bonchev–Trinajstić information content (AvgIpc) is 2.38. The summed E-state index contributed by atoms with van der Waals surface area (Å²) >= 11 is 0. The van der Waals surface area contributed by atoms with E-state index in [1.807, 2.05) is 0 Å². The first kappa shape index (κ1) is 12.3. The number of nitrogens with zero attached hydrogens (tertiary/aromatic N) is 1. The first-order chi connectivity index (χ1) is 8.31. The molecule has 4 heteroatoms. The fourth-order valence-corrected chi connectivity index (χ4v) is 2.54. The Bertz CT molecular complexity index is 359. The molecule has 0 bridgehead atoms. The maximum Gasteiger partial charge on any atom is 0.165 e. The lowest BCUT2D eigenvalue weighted by Crippen LogP contribution is -2.29. The molecule has 1 heterocycles. The second-order valence-electron chi connectivity index (χ2n) is 4.70. The maximum absolute atomic E-state index is 13.3. The number of aromatic nitrogens is 1. The van der Waals surface area contributed by atoms with E-state index in [1.165, 1.54) is 18.9 Å². The molecule has 2 unspecified atom stereocenters. The van der Waals surface area contributed by atoms with Crippen LogP contribution in [-0.2, 0) is 0 Å². The standard InChI is InChI=1S/C13H19FN2O/c14-12-6-3-7-15-13(12)16-8-10-4-1-2-5-11(10)9-17/h3,6-7,10-11,17H,1-2,4-5,8-9H2,(H,15,16). The molecule has 1 aromatic rings. The highest BCUT2D eigenvalue weighted by Crippen LogP contribution is 2.29. The van der Waals surface area contributed by atoms with Crippen LogP contribution >= 0.6 is 0 Å². The third-order valence-electron chi connectivity index (χ3n) is 3.59. The van der Waals surface area contributed by atoms with Gasteiger partial charge in [-0.3, -0.25) is 0 Å². The quantitative estimate of drug-likeness (QED) is 0.846.